The summed E-state index contributed by atoms with van der Waals surface area (Å²) in [5, 5.41) is -0.124. The summed E-state index contributed by atoms with van der Waals surface area (Å²) in [4.78, 5) is 48.7. The van der Waals surface area contributed by atoms with Crippen LogP contribution in [-0.2, 0) is 30.3 Å². The van der Waals surface area contributed by atoms with Crippen molar-refractivity contribution in [3.63, 3.8) is 0 Å². The molecule has 1 saturated heterocycles. The van der Waals surface area contributed by atoms with Crippen LogP contribution < -0.4 is 9.47 Å². The van der Waals surface area contributed by atoms with Gasteiger partial charge in [0.25, 0.3) is 0 Å². The standard InChI is InChI=1S/C22H21ClO8/c1-11-8-17-16(31-17)7-5-4-6-14(26)9-15-20(22(27)28-11)18(29-12(2)24)10-19(21(15)23)30-13(3)25/h4-7,10-11,16-17H,8-9H2,1-3H3/b6-4+,7-5-/t11-,16+,17+/m1/s1. The van der Waals surface area contributed by atoms with Crippen molar-refractivity contribution in [1.82, 2.24) is 0 Å². The fourth-order valence-corrected chi connectivity index (χ4v) is 3.47. The number of ether oxygens (including phenoxy) is 4. The fourth-order valence-electron chi connectivity index (χ4n) is 3.22. The lowest BCUT2D eigenvalue weighted by Gasteiger charge is -2.19. The van der Waals surface area contributed by atoms with Gasteiger partial charge in [-0.15, -0.1) is 0 Å². The zero-order chi connectivity index (χ0) is 22.7. The van der Waals surface area contributed by atoms with Crippen LogP contribution in [0.25, 0.3) is 0 Å². The van der Waals surface area contributed by atoms with Gasteiger partial charge in [-0.2, -0.15) is 0 Å². The molecule has 3 rings (SSSR count). The van der Waals surface area contributed by atoms with Gasteiger partial charge in [-0.3, -0.25) is 14.4 Å². The molecule has 8 nitrogen and oxygen atoms in total. The maximum absolute atomic E-state index is 13.0. The molecule has 9 heteroatoms. The number of esters is 3. The van der Waals surface area contributed by atoms with E-state index >= 15 is 0 Å². The van der Waals surface area contributed by atoms with E-state index in [2.05, 4.69) is 0 Å². The second-order valence-corrected chi connectivity index (χ2v) is 7.58. The first-order chi connectivity index (χ1) is 14.7. The number of allylic oxidation sites excluding steroid dienone is 3. The average molecular weight is 449 g/mol. The molecule has 1 aromatic carbocycles. The number of epoxide rings is 1. The first-order valence-electron chi connectivity index (χ1n) is 9.62. The Bertz CT molecular complexity index is 994. The summed E-state index contributed by atoms with van der Waals surface area (Å²) in [5.41, 5.74) is -0.143. The minimum atomic E-state index is -0.823. The summed E-state index contributed by atoms with van der Waals surface area (Å²) in [6.45, 7) is 4.02. The number of hydrogen-bond acceptors (Lipinski definition) is 8. The Morgan fingerprint density at radius 2 is 1.77 bits per heavy atom. The number of benzene rings is 1. The van der Waals surface area contributed by atoms with E-state index in [4.69, 9.17) is 30.5 Å². The number of carbonyl (C=O) groups excluding carboxylic acids is 4. The normalized spacial score (nSPS) is 25.2. The van der Waals surface area contributed by atoms with Gasteiger partial charge in [0.15, 0.2) is 11.5 Å². The Labute approximate surface area is 183 Å². The predicted molar refractivity (Wildman–Crippen MR) is 109 cm³/mol. The molecule has 1 fully saturated rings. The molecule has 1 aromatic rings. The molecule has 0 unspecified atom stereocenters. The Morgan fingerprint density at radius 3 is 2.45 bits per heavy atom. The Kier molecular flexibility index (Phi) is 6.92. The highest BCUT2D eigenvalue weighted by Gasteiger charge is 2.38. The third kappa shape index (κ3) is 5.80. The number of rotatable bonds is 2. The Balaban J connectivity index is 2.13. The Hall–Kier alpha value is -2.97. The molecule has 2 heterocycles. The summed E-state index contributed by atoms with van der Waals surface area (Å²) in [6.07, 6.45) is 5.81. The van der Waals surface area contributed by atoms with E-state index in [9.17, 15) is 19.2 Å². The van der Waals surface area contributed by atoms with E-state index in [1.807, 2.05) is 6.08 Å². The van der Waals surface area contributed by atoms with Crippen LogP contribution in [0.1, 0.15) is 43.1 Å². The number of halogens is 1. The van der Waals surface area contributed by atoms with Crippen LogP contribution in [0.3, 0.4) is 0 Å². The summed E-state index contributed by atoms with van der Waals surface area (Å²) < 4.78 is 21.3. The zero-order valence-corrected chi connectivity index (χ0v) is 17.9. The van der Waals surface area contributed by atoms with Gasteiger partial charge in [0.2, 0.25) is 0 Å². The first kappa shape index (κ1) is 22.7. The van der Waals surface area contributed by atoms with Crippen LogP contribution in [0.15, 0.2) is 30.4 Å². The number of fused-ring (bicyclic) bond motifs is 2. The third-order valence-electron chi connectivity index (χ3n) is 4.54. The SMILES string of the molecule is CC(=O)Oc1cc(OC(C)=O)c2c(c1Cl)CC(=O)/C=C/C=C\[C@@H]1O[C@H]1C[C@@H](C)OC2=O. The second-order valence-electron chi connectivity index (χ2n) is 7.21. The first-order valence-corrected chi connectivity index (χ1v) is 9.99. The molecule has 0 amide bonds. The van der Waals surface area contributed by atoms with Gasteiger partial charge in [-0.1, -0.05) is 29.8 Å². The van der Waals surface area contributed by atoms with Crippen molar-refractivity contribution in [3.05, 3.63) is 46.5 Å². The zero-order valence-electron chi connectivity index (χ0n) is 17.2. The van der Waals surface area contributed by atoms with Crippen LogP contribution in [-0.4, -0.2) is 42.0 Å². The van der Waals surface area contributed by atoms with Crippen molar-refractivity contribution in [2.45, 2.75) is 51.9 Å². The summed E-state index contributed by atoms with van der Waals surface area (Å²) in [5.74, 6) is -2.96. The van der Waals surface area contributed by atoms with E-state index in [1.54, 1.807) is 19.1 Å². The van der Waals surface area contributed by atoms with Crippen molar-refractivity contribution >= 4 is 35.3 Å². The Morgan fingerprint density at radius 1 is 1.10 bits per heavy atom. The van der Waals surface area contributed by atoms with E-state index in [-0.39, 0.29) is 52.1 Å². The van der Waals surface area contributed by atoms with Crippen LogP contribution in [0.5, 0.6) is 11.5 Å². The van der Waals surface area contributed by atoms with E-state index in [1.165, 1.54) is 6.08 Å². The molecule has 0 aromatic heterocycles. The van der Waals surface area contributed by atoms with Gasteiger partial charge in [0.05, 0.1) is 11.1 Å². The fraction of sp³-hybridized carbons (Fsp3) is 0.364. The van der Waals surface area contributed by atoms with Crippen LogP contribution >= 0.6 is 11.6 Å². The molecule has 0 N–H and O–H groups in total. The molecule has 0 aliphatic carbocycles. The highest BCUT2D eigenvalue weighted by atomic mass is 35.5. The van der Waals surface area contributed by atoms with Crippen LogP contribution in [0.4, 0.5) is 0 Å². The van der Waals surface area contributed by atoms with Gasteiger partial charge in [0, 0.05) is 38.3 Å². The molecule has 0 saturated carbocycles. The molecular weight excluding hydrogens is 428 g/mol. The molecule has 2 aliphatic rings. The van der Waals surface area contributed by atoms with Gasteiger partial charge in [-0.25, -0.2) is 4.79 Å². The van der Waals surface area contributed by atoms with Crippen molar-refractivity contribution in [2.75, 3.05) is 0 Å². The quantitative estimate of drug-likeness (QED) is 0.385. The third-order valence-corrected chi connectivity index (χ3v) is 4.96. The molecular formula is C22H21ClO8. The van der Waals surface area contributed by atoms with Gasteiger partial charge < -0.3 is 18.9 Å². The van der Waals surface area contributed by atoms with Gasteiger partial charge in [0.1, 0.15) is 23.5 Å². The average Bonchev–Trinajstić information content (AvgIpc) is 3.38. The van der Waals surface area contributed by atoms with E-state index in [0.29, 0.717) is 6.42 Å². The van der Waals surface area contributed by atoms with Crippen molar-refractivity contribution < 1.29 is 38.1 Å². The number of carbonyl (C=O) groups is 4. The second kappa shape index (κ2) is 9.45. The molecule has 31 heavy (non-hydrogen) atoms. The molecule has 0 spiro atoms. The highest BCUT2D eigenvalue weighted by Crippen LogP contribution is 2.39. The maximum atomic E-state index is 13.0. The van der Waals surface area contributed by atoms with Crippen LogP contribution in [0, 0.1) is 0 Å². The van der Waals surface area contributed by atoms with Gasteiger partial charge >= 0.3 is 17.9 Å². The number of cyclic esters (lactones) is 1. The molecule has 164 valence electrons. The number of ketones is 1. The molecule has 3 atom stereocenters. The largest absolute Gasteiger partial charge is 0.459 e. The topological polar surface area (TPSA) is 108 Å². The maximum Gasteiger partial charge on any atom is 0.342 e. The lowest BCUT2D eigenvalue weighted by molar-refractivity contribution is -0.132. The minimum absolute atomic E-state index is 0.0325. The smallest absolute Gasteiger partial charge is 0.342 e. The highest BCUT2D eigenvalue weighted by molar-refractivity contribution is 6.34. The summed E-state index contributed by atoms with van der Waals surface area (Å²) in [7, 11) is 0. The predicted octanol–water partition coefficient (Wildman–Crippen LogP) is 3.13. The minimum Gasteiger partial charge on any atom is -0.459 e. The van der Waals surface area contributed by atoms with Crippen LogP contribution in [0.2, 0.25) is 5.02 Å². The van der Waals surface area contributed by atoms with Crippen molar-refractivity contribution in [2.24, 2.45) is 0 Å². The van der Waals surface area contributed by atoms with E-state index in [0.717, 1.165) is 19.9 Å². The monoisotopic (exact) mass is 448 g/mol. The van der Waals surface area contributed by atoms with Crippen molar-refractivity contribution in [1.29, 1.82) is 0 Å². The lowest BCUT2D eigenvalue weighted by atomic mass is 9.99. The summed E-state index contributed by atoms with van der Waals surface area (Å²) in [6, 6.07) is 1.15. The molecule has 0 bridgehead atoms. The van der Waals surface area contributed by atoms with Gasteiger partial charge in [-0.05, 0) is 13.0 Å². The van der Waals surface area contributed by atoms with Crippen molar-refractivity contribution in [3.8, 4) is 11.5 Å². The van der Waals surface area contributed by atoms with E-state index < -0.39 is 24.0 Å². The number of hydrogen-bond donors (Lipinski definition) is 0. The summed E-state index contributed by atoms with van der Waals surface area (Å²) >= 11 is 6.39. The lowest BCUT2D eigenvalue weighted by Crippen LogP contribution is -2.21. The molecule has 0 radical (unpaired) electrons. The molecule has 2 aliphatic heterocycles.